The topological polar surface area (TPSA) is 209 Å². The Bertz CT molecular complexity index is 1800. The van der Waals surface area contributed by atoms with Gasteiger partial charge in [0.2, 0.25) is 17.7 Å². The highest BCUT2D eigenvalue weighted by Gasteiger charge is 2.32. The van der Waals surface area contributed by atoms with E-state index in [9.17, 15) is 50.3 Å². The Hall–Kier alpha value is -5.83. The second kappa shape index (κ2) is 25.5. The van der Waals surface area contributed by atoms with Gasteiger partial charge in [-0.15, -0.1) is 38.7 Å². The summed E-state index contributed by atoms with van der Waals surface area (Å²) in [4.78, 5) is 63.1. The molecule has 1 aromatic heterocycles. The predicted octanol–water partition coefficient (Wildman–Crippen LogP) is 5.09. The minimum absolute atomic E-state index is 0. The van der Waals surface area contributed by atoms with E-state index in [0.29, 0.717) is 19.4 Å². The summed E-state index contributed by atoms with van der Waals surface area (Å²) in [7, 11) is 2.31. The van der Waals surface area contributed by atoms with Crippen LogP contribution in [0.2, 0.25) is 0 Å². The lowest BCUT2D eigenvalue weighted by atomic mass is 10.0. The van der Waals surface area contributed by atoms with E-state index in [1.165, 1.54) is 24.3 Å². The molecule has 59 heavy (non-hydrogen) atoms. The molecule has 1 heterocycles. The van der Waals surface area contributed by atoms with Crippen molar-refractivity contribution in [2.75, 3.05) is 39.2 Å². The summed E-state index contributed by atoms with van der Waals surface area (Å²) in [6.45, 7) is 1.91. The zero-order valence-electron chi connectivity index (χ0n) is 32.0. The Labute approximate surface area is 341 Å². The number of rotatable bonds is 19. The van der Waals surface area contributed by atoms with Crippen LogP contribution in [0.3, 0.4) is 0 Å². The maximum absolute atomic E-state index is 12.5. The number of alkyl halides is 6. The number of ether oxygens (including phenoxy) is 4. The molecular formula is C37H45ClF6N6O9. The molecule has 0 spiro atoms. The van der Waals surface area contributed by atoms with Gasteiger partial charge in [0.15, 0.2) is 0 Å². The summed E-state index contributed by atoms with van der Waals surface area (Å²) in [6.07, 6.45) is -7.09. The van der Waals surface area contributed by atoms with Crippen LogP contribution in [-0.2, 0) is 33.4 Å². The average molecular weight is 867 g/mol. The molecule has 6 N–H and O–H groups in total. The van der Waals surface area contributed by atoms with Crippen molar-refractivity contribution in [1.29, 1.82) is 0 Å². The zero-order valence-corrected chi connectivity index (χ0v) is 32.9. The van der Waals surface area contributed by atoms with Crippen LogP contribution in [0.15, 0.2) is 66.9 Å². The molecule has 2 aromatic carbocycles. The van der Waals surface area contributed by atoms with Gasteiger partial charge in [0.05, 0.1) is 52.2 Å². The second-order valence-corrected chi connectivity index (χ2v) is 12.1. The fourth-order valence-electron chi connectivity index (χ4n) is 4.89. The van der Waals surface area contributed by atoms with E-state index < -0.39 is 60.1 Å². The number of methoxy groups -OCH3 is 2. The standard InChI is InChI=1S/C24H29F3N4O5.C13H15F3N2O4.ClH/c1-16-9-11-29-20(12-16)28-10-4-3-8-21(32)30-15-22(33)31-19(14-23(34)35-2)17-6-5-7-18(13-17)36-24(25,26)27;1-21-12(20)6-10(18-11(19)7-17)8-3-2-4-9(5-8)22-13(14,15)16;/h5-7,9,11-13,19H,3-4,8,10,14-15H2,1-2H3,(H,28,29)(H,30,32)(H,31,33);2-5,10H,6-7,17H2,1H3,(H,18,19);1H. The van der Waals surface area contributed by atoms with Gasteiger partial charge in [-0.1, -0.05) is 24.3 Å². The van der Waals surface area contributed by atoms with Crippen molar-refractivity contribution in [2.24, 2.45) is 5.73 Å². The molecule has 3 rings (SSSR count). The molecule has 0 saturated carbocycles. The Balaban J connectivity index is 0.000000650. The number of benzene rings is 2. The van der Waals surface area contributed by atoms with Gasteiger partial charge in [-0.25, -0.2) is 4.98 Å². The van der Waals surface area contributed by atoms with Crippen LogP contribution < -0.4 is 36.5 Å². The van der Waals surface area contributed by atoms with Crippen LogP contribution in [0.25, 0.3) is 0 Å². The normalized spacial score (nSPS) is 11.8. The Morgan fingerprint density at radius 1 is 0.729 bits per heavy atom. The zero-order chi connectivity index (χ0) is 43.3. The minimum Gasteiger partial charge on any atom is -0.469 e. The fraction of sp³-hybridized carbons (Fsp3) is 0.405. The Morgan fingerprint density at radius 2 is 1.24 bits per heavy atom. The number of unbranched alkanes of at least 4 members (excludes halogenated alkanes) is 1. The van der Waals surface area contributed by atoms with Crippen LogP contribution in [-0.4, -0.2) is 81.2 Å². The van der Waals surface area contributed by atoms with Gasteiger partial charge in [-0.2, -0.15) is 0 Å². The highest BCUT2D eigenvalue weighted by molar-refractivity contribution is 5.86. The molecule has 0 aliphatic heterocycles. The van der Waals surface area contributed by atoms with E-state index in [-0.39, 0.29) is 61.8 Å². The molecule has 3 amide bonds. The number of nitrogens with zero attached hydrogens (tertiary/aromatic N) is 1. The highest BCUT2D eigenvalue weighted by atomic mass is 35.5. The number of amides is 3. The number of nitrogens with two attached hydrogens (primary N) is 1. The lowest BCUT2D eigenvalue weighted by Crippen LogP contribution is -2.39. The maximum atomic E-state index is 12.5. The van der Waals surface area contributed by atoms with Gasteiger partial charge < -0.3 is 45.9 Å². The van der Waals surface area contributed by atoms with Crippen molar-refractivity contribution >= 4 is 47.9 Å². The molecule has 15 nitrogen and oxygen atoms in total. The number of anilines is 1. The molecule has 326 valence electrons. The molecule has 2 atom stereocenters. The van der Waals surface area contributed by atoms with Gasteiger partial charge >= 0.3 is 24.7 Å². The SMILES string of the molecule is COC(=O)CC(NC(=O)CN)c1cccc(OC(F)(F)F)c1.COC(=O)CC(NC(=O)CNC(=O)CCCCNc1cc(C)ccn1)c1cccc(OC(F)(F)F)c1.Cl. The lowest BCUT2D eigenvalue weighted by molar-refractivity contribution is -0.275. The number of esters is 2. The first-order valence-electron chi connectivity index (χ1n) is 17.4. The number of hydrogen-bond donors (Lipinski definition) is 5. The third-order valence-electron chi connectivity index (χ3n) is 7.54. The van der Waals surface area contributed by atoms with Crippen molar-refractivity contribution in [1.82, 2.24) is 20.9 Å². The molecule has 0 aliphatic rings. The molecular weight excluding hydrogens is 822 g/mol. The minimum atomic E-state index is -4.89. The van der Waals surface area contributed by atoms with E-state index in [2.05, 4.69) is 45.2 Å². The number of carbonyl (C=O) groups excluding carboxylic acids is 5. The molecule has 0 saturated heterocycles. The number of halogens is 7. The molecule has 0 aliphatic carbocycles. The van der Waals surface area contributed by atoms with E-state index in [1.54, 1.807) is 6.20 Å². The van der Waals surface area contributed by atoms with Crippen LogP contribution in [0.4, 0.5) is 32.2 Å². The number of hydrogen-bond acceptors (Lipinski definition) is 12. The van der Waals surface area contributed by atoms with E-state index in [0.717, 1.165) is 49.9 Å². The molecule has 22 heteroatoms. The van der Waals surface area contributed by atoms with Crippen LogP contribution in [0, 0.1) is 6.92 Å². The van der Waals surface area contributed by atoms with Crippen LogP contribution in [0.5, 0.6) is 11.5 Å². The van der Waals surface area contributed by atoms with E-state index >= 15 is 0 Å². The largest absolute Gasteiger partial charge is 0.573 e. The molecule has 3 aromatic rings. The smallest absolute Gasteiger partial charge is 0.469 e. The van der Waals surface area contributed by atoms with Crippen molar-refractivity contribution in [3.05, 3.63) is 83.6 Å². The van der Waals surface area contributed by atoms with Crippen molar-refractivity contribution in [2.45, 2.75) is 63.8 Å². The summed E-state index contributed by atoms with van der Waals surface area (Å²) in [5, 5.41) is 10.6. The number of carbonyl (C=O) groups is 5. The van der Waals surface area contributed by atoms with Gasteiger partial charge in [0.1, 0.15) is 17.3 Å². The fourth-order valence-corrected chi connectivity index (χ4v) is 4.89. The maximum Gasteiger partial charge on any atom is 0.573 e. The number of aromatic nitrogens is 1. The van der Waals surface area contributed by atoms with Crippen molar-refractivity contribution < 1.29 is 69.3 Å². The predicted molar refractivity (Wildman–Crippen MR) is 202 cm³/mol. The number of nitrogens with one attached hydrogen (secondary N) is 4. The summed E-state index contributed by atoms with van der Waals surface area (Å²) >= 11 is 0. The first-order chi connectivity index (χ1) is 27.3. The molecule has 0 fully saturated rings. The van der Waals surface area contributed by atoms with Gasteiger partial charge in [-0.05, 0) is 72.9 Å². The summed E-state index contributed by atoms with van der Waals surface area (Å²) in [5.74, 6) is -3.02. The third-order valence-corrected chi connectivity index (χ3v) is 7.54. The molecule has 2 unspecified atom stereocenters. The van der Waals surface area contributed by atoms with E-state index in [4.69, 9.17) is 5.73 Å². The summed E-state index contributed by atoms with van der Waals surface area (Å²) in [6, 6.07) is 11.8. The van der Waals surface area contributed by atoms with E-state index in [1.807, 2.05) is 19.1 Å². The average Bonchev–Trinajstić information content (AvgIpc) is 3.15. The number of pyridine rings is 1. The second-order valence-electron chi connectivity index (χ2n) is 12.1. The van der Waals surface area contributed by atoms with Gasteiger partial charge in [0.25, 0.3) is 0 Å². The van der Waals surface area contributed by atoms with Gasteiger partial charge in [0, 0.05) is 19.2 Å². The first kappa shape index (κ1) is 51.2. The summed E-state index contributed by atoms with van der Waals surface area (Å²) < 4.78 is 91.1. The highest BCUT2D eigenvalue weighted by Crippen LogP contribution is 2.28. The quantitative estimate of drug-likeness (QED) is 0.0607. The van der Waals surface area contributed by atoms with Crippen molar-refractivity contribution in [3.8, 4) is 11.5 Å². The van der Waals surface area contributed by atoms with Gasteiger partial charge in [-0.3, -0.25) is 24.0 Å². The Morgan fingerprint density at radius 3 is 1.69 bits per heavy atom. The number of aryl methyl sites for hydroxylation is 1. The lowest BCUT2D eigenvalue weighted by Gasteiger charge is -2.19. The summed E-state index contributed by atoms with van der Waals surface area (Å²) in [5.41, 5.74) is 6.72. The molecule has 0 radical (unpaired) electrons. The van der Waals surface area contributed by atoms with Crippen LogP contribution in [0.1, 0.15) is 60.9 Å². The first-order valence-corrected chi connectivity index (χ1v) is 17.4. The van der Waals surface area contributed by atoms with Crippen molar-refractivity contribution in [3.63, 3.8) is 0 Å². The monoisotopic (exact) mass is 866 g/mol. The Kier molecular flexibility index (Phi) is 22.1. The van der Waals surface area contributed by atoms with Crippen LogP contribution >= 0.6 is 12.4 Å². The third kappa shape index (κ3) is 22.1. The molecule has 0 bridgehead atoms.